The highest BCUT2D eigenvalue weighted by atomic mass is 16.4. The number of carboxylic acid groups (broad SMARTS) is 1. The van der Waals surface area contributed by atoms with E-state index in [9.17, 15) is 9.59 Å². The summed E-state index contributed by atoms with van der Waals surface area (Å²) in [6.45, 7) is 5.67. The van der Waals surface area contributed by atoms with Crippen LogP contribution in [0.2, 0.25) is 0 Å². The van der Waals surface area contributed by atoms with Gasteiger partial charge < -0.3 is 15.3 Å². The Hall–Kier alpha value is -1.26. The molecule has 0 aromatic heterocycles. The molecular formula is C12H20N2O3. The number of carbonyl (C=O) groups excluding carboxylic acids is 1. The van der Waals surface area contributed by atoms with Gasteiger partial charge >= 0.3 is 12.0 Å². The van der Waals surface area contributed by atoms with Crippen LogP contribution in [0.1, 0.15) is 20.3 Å². The number of hydrogen-bond acceptors (Lipinski definition) is 2. The highest BCUT2D eigenvalue weighted by Crippen LogP contribution is 2.36. The van der Waals surface area contributed by atoms with Crippen LogP contribution >= 0.6 is 0 Å². The van der Waals surface area contributed by atoms with Crippen molar-refractivity contribution in [1.29, 1.82) is 0 Å². The molecule has 4 unspecified atom stereocenters. The summed E-state index contributed by atoms with van der Waals surface area (Å²) < 4.78 is 0. The number of likely N-dealkylation sites (tertiary alicyclic amines) is 1. The molecule has 2 N–H and O–H groups in total. The number of rotatable bonds is 3. The van der Waals surface area contributed by atoms with E-state index in [-0.39, 0.29) is 11.9 Å². The summed E-state index contributed by atoms with van der Waals surface area (Å²) in [5, 5.41) is 11.9. The minimum Gasteiger partial charge on any atom is -0.481 e. The van der Waals surface area contributed by atoms with Crippen molar-refractivity contribution < 1.29 is 14.7 Å². The molecule has 2 fully saturated rings. The van der Waals surface area contributed by atoms with Gasteiger partial charge in [0.05, 0.1) is 5.92 Å². The summed E-state index contributed by atoms with van der Waals surface area (Å²) >= 11 is 0. The summed E-state index contributed by atoms with van der Waals surface area (Å²) in [5.74, 6) is 0.163. The molecule has 0 aromatic carbocycles. The molecule has 1 heterocycles. The van der Waals surface area contributed by atoms with Gasteiger partial charge in [0.15, 0.2) is 0 Å². The summed E-state index contributed by atoms with van der Waals surface area (Å²) in [6, 6.07) is -0.111. The number of nitrogens with zero attached hydrogens (tertiary/aromatic N) is 1. The first-order valence-electron chi connectivity index (χ1n) is 6.24. The van der Waals surface area contributed by atoms with E-state index in [4.69, 9.17) is 5.11 Å². The second-order valence-electron chi connectivity index (χ2n) is 5.49. The molecule has 1 saturated carbocycles. The van der Waals surface area contributed by atoms with Crippen LogP contribution in [0.25, 0.3) is 0 Å². The fourth-order valence-corrected chi connectivity index (χ4v) is 2.47. The zero-order chi connectivity index (χ0) is 12.6. The van der Waals surface area contributed by atoms with Crippen LogP contribution in [0.15, 0.2) is 0 Å². The highest BCUT2D eigenvalue weighted by Gasteiger charge is 2.38. The van der Waals surface area contributed by atoms with Crippen molar-refractivity contribution >= 4 is 12.0 Å². The Morgan fingerprint density at radius 2 is 1.94 bits per heavy atom. The lowest BCUT2D eigenvalue weighted by molar-refractivity contribution is -0.142. The second-order valence-corrected chi connectivity index (χ2v) is 5.49. The van der Waals surface area contributed by atoms with Crippen LogP contribution in [-0.4, -0.2) is 41.6 Å². The van der Waals surface area contributed by atoms with Crippen LogP contribution in [0.3, 0.4) is 0 Å². The Morgan fingerprint density at radius 1 is 1.29 bits per heavy atom. The van der Waals surface area contributed by atoms with Gasteiger partial charge in [-0.25, -0.2) is 4.79 Å². The number of hydrogen-bond donors (Lipinski definition) is 2. The fourth-order valence-electron chi connectivity index (χ4n) is 2.47. The number of carboxylic acids is 1. The van der Waals surface area contributed by atoms with E-state index in [2.05, 4.69) is 12.2 Å². The van der Waals surface area contributed by atoms with Gasteiger partial charge in [0.2, 0.25) is 0 Å². The Kier molecular flexibility index (Phi) is 3.26. The van der Waals surface area contributed by atoms with E-state index in [1.165, 1.54) is 6.42 Å². The third-order valence-corrected chi connectivity index (χ3v) is 4.01. The minimum absolute atomic E-state index is 0.0399. The molecule has 2 amide bonds. The first kappa shape index (κ1) is 12.2. The van der Waals surface area contributed by atoms with Gasteiger partial charge in [0.25, 0.3) is 0 Å². The lowest BCUT2D eigenvalue weighted by atomic mass is 9.99. The lowest BCUT2D eigenvalue weighted by Crippen LogP contribution is -2.40. The largest absolute Gasteiger partial charge is 0.481 e. The van der Waals surface area contributed by atoms with Gasteiger partial charge in [-0.1, -0.05) is 13.8 Å². The van der Waals surface area contributed by atoms with Crippen LogP contribution in [0.4, 0.5) is 4.79 Å². The molecule has 1 aliphatic carbocycles. The van der Waals surface area contributed by atoms with E-state index in [0.717, 1.165) is 12.5 Å². The maximum atomic E-state index is 11.8. The third-order valence-electron chi connectivity index (χ3n) is 4.01. The number of amides is 2. The van der Waals surface area contributed by atoms with Crippen LogP contribution in [-0.2, 0) is 4.79 Å². The first-order chi connectivity index (χ1) is 7.99. The van der Waals surface area contributed by atoms with Gasteiger partial charge in [0.1, 0.15) is 0 Å². The number of nitrogens with one attached hydrogen (secondary N) is 1. The SMILES string of the molecule is CC1CC1CNC(=O)N1CC(C)C(C(=O)O)C1. The zero-order valence-electron chi connectivity index (χ0n) is 10.3. The molecule has 4 atom stereocenters. The lowest BCUT2D eigenvalue weighted by Gasteiger charge is -2.16. The minimum atomic E-state index is -0.802. The molecule has 0 spiro atoms. The van der Waals surface area contributed by atoms with Crippen LogP contribution in [0.5, 0.6) is 0 Å². The van der Waals surface area contributed by atoms with Crippen molar-refractivity contribution in [2.75, 3.05) is 19.6 Å². The maximum Gasteiger partial charge on any atom is 0.317 e. The van der Waals surface area contributed by atoms with Crippen molar-refractivity contribution in [3.8, 4) is 0 Å². The monoisotopic (exact) mass is 240 g/mol. The standard InChI is InChI=1S/C12H20N2O3/c1-7-3-9(7)4-13-12(17)14-5-8(2)10(6-14)11(15)16/h7-10H,3-6H2,1-2H3,(H,13,17)(H,15,16). The Morgan fingerprint density at radius 3 is 2.41 bits per heavy atom. The van der Waals surface area contributed by atoms with Crippen molar-refractivity contribution in [2.45, 2.75) is 20.3 Å². The quantitative estimate of drug-likeness (QED) is 0.773. The van der Waals surface area contributed by atoms with E-state index < -0.39 is 11.9 Å². The Balaban J connectivity index is 1.78. The molecule has 1 saturated heterocycles. The van der Waals surface area contributed by atoms with Gasteiger partial charge in [-0.05, 0) is 24.2 Å². The molecule has 2 aliphatic rings. The molecule has 0 radical (unpaired) electrons. The number of carbonyl (C=O) groups is 2. The van der Waals surface area contributed by atoms with E-state index in [0.29, 0.717) is 19.0 Å². The molecule has 5 heteroatoms. The maximum absolute atomic E-state index is 11.8. The van der Waals surface area contributed by atoms with Crippen molar-refractivity contribution in [3.63, 3.8) is 0 Å². The predicted molar refractivity (Wildman–Crippen MR) is 62.5 cm³/mol. The third kappa shape index (κ3) is 2.70. The summed E-state index contributed by atoms with van der Waals surface area (Å²) in [7, 11) is 0. The molecule has 5 nitrogen and oxygen atoms in total. The van der Waals surface area contributed by atoms with E-state index in [1.807, 2.05) is 6.92 Å². The van der Waals surface area contributed by atoms with Gasteiger partial charge in [-0.3, -0.25) is 4.79 Å². The smallest absolute Gasteiger partial charge is 0.317 e. The first-order valence-corrected chi connectivity index (χ1v) is 6.24. The molecular weight excluding hydrogens is 220 g/mol. The summed E-state index contributed by atoms with van der Waals surface area (Å²) in [5.41, 5.74) is 0. The van der Waals surface area contributed by atoms with Crippen molar-refractivity contribution in [2.24, 2.45) is 23.7 Å². The second kappa shape index (κ2) is 4.55. The molecule has 1 aliphatic heterocycles. The van der Waals surface area contributed by atoms with Crippen molar-refractivity contribution in [1.82, 2.24) is 10.2 Å². The molecule has 96 valence electrons. The van der Waals surface area contributed by atoms with Crippen molar-refractivity contribution in [3.05, 3.63) is 0 Å². The normalized spacial score (nSPS) is 35.8. The van der Waals surface area contributed by atoms with Crippen LogP contribution in [0, 0.1) is 23.7 Å². The summed E-state index contributed by atoms with van der Waals surface area (Å²) in [4.78, 5) is 24.4. The summed E-state index contributed by atoms with van der Waals surface area (Å²) in [6.07, 6.45) is 1.19. The Bertz CT molecular complexity index is 332. The van der Waals surface area contributed by atoms with E-state index >= 15 is 0 Å². The Labute approximate surface area is 101 Å². The molecule has 0 bridgehead atoms. The van der Waals surface area contributed by atoms with E-state index in [1.54, 1.807) is 4.90 Å². The molecule has 0 aromatic rings. The average Bonchev–Trinajstić information content (AvgIpc) is 2.80. The molecule has 2 rings (SSSR count). The number of urea groups is 1. The predicted octanol–water partition coefficient (Wildman–Crippen LogP) is 1.00. The topological polar surface area (TPSA) is 69.6 Å². The van der Waals surface area contributed by atoms with Gasteiger partial charge in [-0.2, -0.15) is 0 Å². The van der Waals surface area contributed by atoms with Gasteiger partial charge in [-0.15, -0.1) is 0 Å². The highest BCUT2D eigenvalue weighted by molar-refractivity contribution is 5.77. The van der Waals surface area contributed by atoms with Crippen LogP contribution < -0.4 is 5.32 Å². The molecule has 17 heavy (non-hydrogen) atoms. The number of aliphatic carboxylic acids is 1. The fraction of sp³-hybridized carbons (Fsp3) is 0.833. The zero-order valence-corrected chi connectivity index (χ0v) is 10.3. The van der Waals surface area contributed by atoms with Gasteiger partial charge in [0, 0.05) is 19.6 Å². The average molecular weight is 240 g/mol.